The summed E-state index contributed by atoms with van der Waals surface area (Å²) in [6, 6.07) is 18.3. The summed E-state index contributed by atoms with van der Waals surface area (Å²) in [5, 5.41) is 11.3. The van der Waals surface area contributed by atoms with E-state index < -0.39 is 0 Å². The molecule has 0 aliphatic carbocycles. The fraction of sp³-hybridized carbons (Fsp3) is 0.0870. The monoisotopic (exact) mass is 398 g/mol. The Hall–Kier alpha value is -4.00. The Balaban J connectivity index is 1.55. The summed E-state index contributed by atoms with van der Waals surface area (Å²) in [7, 11) is 0. The van der Waals surface area contributed by atoms with Gasteiger partial charge in [-0.2, -0.15) is 5.10 Å². The number of imidazole rings is 1. The lowest BCUT2D eigenvalue weighted by Gasteiger charge is -2.04. The van der Waals surface area contributed by atoms with Gasteiger partial charge in [-0.25, -0.2) is 9.37 Å². The number of aromatic nitrogens is 5. The summed E-state index contributed by atoms with van der Waals surface area (Å²) in [6.07, 6.45) is 1.79. The van der Waals surface area contributed by atoms with Gasteiger partial charge in [-0.05, 0) is 49.4 Å². The summed E-state index contributed by atoms with van der Waals surface area (Å²) in [5.41, 5.74) is 6.04. The number of H-pyrrole nitrogens is 2. The van der Waals surface area contributed by atoms with Crippen molar-refractivity contribution >= 4 is 16.6 Å². The Kier molecular flexibility index (Phi) is 4.48. The standard InChI is InChI=1S/C23H19FN6/c1-14-4-2-7-20(27-14)23-22(15-8-9-19-16(10-15)12-26-30-19)28-21(29-23)13-25-18-6-3-5-17(24)11-18/h2-12,25H,13H2,1H3,(H,26,30)(H,28,29). The van der Waals surface area contributed by atoms with E-state index in [4.69, 9.17) is 4.98 Å². The normalized spacial score (nSPS) is 11.1. The Morgan fingerprint density at radius 2 is 1.90 bits per heavy atom. The second kappa shape index (κ2) is 7.44. The molecule has 2 aromatic carbocycles. The Morgan fingerprint density at radius 3 is 2.77 bits per heavy atom. The molecule has 5 aromatic rings. The van der Waals surface area contributed by atoms with Crippen LogP contribution in [0.2, 0.25) is 0 Å². The number of nitrogens with one attached hydrogen (secondary N) is 3. The molecule has 0 aliphatic rings. The van der Waals surface area contributed by atoms with Crippen molar-refractivity contribution in [3.8, 4) is 22.6 Å². The van der Waals surface area contributed by atoms with Crippen LogP contribution in [0, 0.1) is 12.7 Å². The summed E-state index contributed by atoms with van der Waals surface area (Å²) in [6.45, 7) is 2.39. The second-order valence-electron chi connectivity index (χ2n) is 7.11. The maximum atomic E-state index is 13.5. The number of rotatable bonds is 5. The van der Waals surface area contributed by atoms with Crippen LogP contribution in [0.4, 0.5) is 10.1 Å². The average Bonchev–Trinajstić information content (AvgIpc) is 3.39. The second-order valence-corrected chi connectivity index (χ2v) is 7.11. The predicted molar refractivity (Wildman–Crippen MR) is 115 cm³/mol. The molecular formula is C23H19FN6. The lowest BCUT2D eigenvalue weighted by atomic mass is 10.1. The molecule has 0 fully saturated rings. The van der Waals surface area contributed by atoms with Crippen LogP contribution in [0.3, 0.4) is 0 Å². The first-order valence-electron chi connectivity index (χ1n) is 9.61. The van der Waals surface area contributed by atoms with Crippen LogP contribution in [-0.4, -0.2) is 25.1 Å². The molecule has 3 aromatic heterocycles. The topological polar surface area (TPSA) is 82.3 Å². The zero-order valence-electron chi connectivity index (χ0n) is 16.3. The molecule has 6 nitrogen and oxygen atoms in total. The maximum absolute atomic E-state index is 13.5. The molecule has 0 saturated carbocycles. The van der Waals surface area contributed by atoms with Crippen molar-refractivity contribution in [1.82, 2.24) is 25.1 Å². The zero-order valence-corrected chi connectivity index (χ0v) is 16.3. The number of hydrogen-bond donors (Lipinski definition) is 3. The Labute approximate surface area is 172 Å². The van der Waals surface area contributed by atoms with E-state index in [0.29, 0.717) is 12.2 Å². The van der Waals surface area contributed by atoms with E-state index in [1.165, 1.54) is 12.1 Å². The summed E-state index contributed by atoms with van der Waals surface area (Å²) >= 11 is 0. The molecule has 0 spiro atoms. The predicted octanol–water partition coefficient (Wildman–Crippen LogP) is 5.07. The third-order valence-corrected chi connectivity index (χ3v) is 4.90. The van der Waals surface area contributed by atoms with Gasteiger partial charge in [0.2, 0.25) is 0 Å². The molecule has 0 unspecified atom stereocenters. The van der Waals surface area contributed by atoms with Crippen LogP contribution >= 0.6 is 0 Å². The van der Waals surface area contributed by atoms with E-state index in [1.807, 2.05) is 43.3 Å². The van der Waals surface area contributed by atoms with Crippen LogP contribution in [0.25, 0.3) is 33.5 Å². The maximum Gasteiger partial charge on any atom is 0.126 e. The third kappa shape index (κ3) is 3.53. The molecule has 3 heterocycles. The van der Waals surface area contributed by atoms with Gasteiger partial charge >= 0.3 is 0 Å². The molecule has 148 valence electrons. The van der Waals surface area contributed by atoms with Crippen LogP contribution < -0.4 is 5.32 Å². The van der Waals surface area contributed by atoms with Gasteiger partial charge in [0, 0.05) is 22.3 Å². The SMILES string of the molecule is Cc1cccc(-c2[nH]c(CNc3cccc(F)c3)nc2-c2ccc3[nH]ncc3c2)n1. The first kappa shape index (κ1) is 18.1. The largest absolute Gasteiger partial charge is 0.378 e. The highest BCUT2D eigenvalue weighted by Crippen LogP contribution is 2.31. The number of aromatic amines is 2. The van der Waals surface area contributed by atoms with E-state index in [9.17, 15) is 4.39 Å². The van der Waals surface area contributed by atoms with E-state index >= 15 is 0 Å². The minimum Gasteiger partial charge on any atom is -0.378 e. The van der Waals surface area contributed by atoms with Crippen molar-refractivity contribution in [1.29, 1.82) is 0 Å². The number of halogens is 1. The van der Waals surface area contributed by atoms with Gasteiger partial charge in [-0.15, -0.1) is 0 Å². The smallest absolute Gasteiger partial charge is 0.126 e. The molecule has 7 heteroatoms. The van der Waals surface area contributed by atoms with Crippen molar-refractivity contribution in [2.75, 3.05) is 5.32 Å². The van der Waals surface area contributed by atoms with Crippen molar-refractivity contribution < 1.29 is 4.39 Å². The number of anilines is 1. The molecule has 0 saturated heterocycles. The lowest BCUT2D eigenvalue weighted by Crippen LogP contribution is -2.01. The summed E-state index contributed by atoms with van der Waals surface area (Å²) in [5.74, 6) is 0.457. The quantitative estimate of drug-likeness (QED) is 0.386. The molecular weight excluding hydrogens is 379 g/mol. The first-order valence-corrected chi connectivity index (χ1v) is 9.61. The molecule has 0 radical (unpaired) electrons. The number of pyridine rings is 1. The first-order chi connectivity index (χ1) is 14.7. The minimum absolute atomic E-state index is 0.279. The van der Waals surface area contributed by atoms with Crippen LogP contribution in [-0.2, 0) is 6.54 Å². The average molecular weight is 398 g/mol. The van der Waals surface area contributed by atoms with Gasteiger partial charge in [0.1, 0.15) is 11.6 Å². The molecule has 0 bridgehead atoms. The molecule has 5 rings (SSSR count). The van der Waals surface area contributed by atoms with E-state index in [2.05, 4.69) is 31.5 Å². The van der Waals surface area contributed by atoms with Crippen molar-refractivity contribution in [3.63, 3.8) is 0 Å². The van der Waals surface area contributed by atoms with Crippen LogP contribution in [0.1, 0.15) is 11.5 Å². The summed E-state index contributed by atoms with van der Waals surface area (Å²) < 4.78 is 13.5. The summed E-state index contributed by atoms with van der Waals surface area (Å²) in [4.78, 5) is 12.9. The fourth-order valence-corrected chi connectivity index (χ4v) is 3.46. The molecule has 0 atom stereocenters. The minimum atomic E-state index is -0.279. The highest BCUT2D eigenvalue weighted by molar-refractivity contribution is 5.86. The number of benzene rings is 2. The molecule has 30 heavy (non-hydrogen) atoms. The van der Waals surface area contributed by atoms with Crippen LogP contribution in [0.15, 0.2) is 66.9 Å². The van der Waals surface area contributed by atoms with Crippen molar-refractivity contribution in [3.05, 3.63) is 84.2 Å². The fourth-order valence-electron chi connectivity index (χ4n) is 3.46. The number of hydrogen-bond acceptors (Lipinski definition) is 4. The van der Waals surface area contributed by atoms with Gasteiger partial charge in [0.05, 0.1) is 35.3 Å². The van der Waals surface area contributed by atoms with E-state index in [1.54, 1.807) is 12.3 Å². The van der Waals surface area contributed by atoms with Gasteiger partial charge in [-0.1, -0.05) is 18.2 Å². The van der Waals surface area contributed by atoms with Crippen molar-refractivity contribution in [2.24, 2.45) is 0 Å². The molecule has 0 aliphatic heterocycles. The number of fused-ring (bicyclic) bond motifs is 1. The number of aryl methyl sites for hydroxylation is 1. The van der Waals surface area contributed by atoms with Gasteiger partial charge in [-0.3, -0.25) is 10.1 Å². The zero-order chi connectivity index (χ0) is 20.5. The van der Waals surface area contributed by atoms with Crippen molar-refractivity contribution in [2.45, 2.75) is 13.5 Å². The Morgan fingerprint density at radius 1 is 1.00 bits per heavy atom. The molecule has 3 N–H and O–H groups in total. The highest BCUT2D eigenvalue weighted by Gasteiger charge is 2.16. The highest BCUT2D eigenvalue weighted by atomic mass is 19.1. The van der Waals surface area contributed by atoms with E-state index in [-0.39, 0.29) is 5.82 Å². The Bertz CT molecular complexity index is 1340. The third-order valence-electron chi connectivity index (χ3n) is 4.90. The molecule has 0 amide bonds. The number of nitrogens with zero attached hydrogens (tertiary/aromatic N) is 3. The van der Waals surface area contributed by atoms with E-state index in [0.717, 1.165) is 45.1 Å². The lowest BCUT2D eigenvalue weighted by molar-refractivity contribution is 0.628. The van der Waals surface area contributed by atoms with Gasteiger partial charge < -0.3 is 10.3 Å². The van der Waals surface area contributed by atoms with Gasteiger partial charge in [0.25, 0.3) is 0 Å². The van der Waals surface area contributed by atoms with Crippen LogP contribution in [0.5, 0.6) is 0 Å². The van der Waals surface area contributed by atoms with Gasteiger partial charge in [0.15, 0.2) is 0 Å².